The Balaban J connectivity index is 1.86. The van der Waals surface area contributed by atoms with Gasteiger partial charge in [-0.1, -0.05) is 35.8 Å². The Labute approximate surface area is 128 Å². The highest BCUT2D eigenvalue weighted by Crippen LogP contribution is 2.40. The van der Waals surface area contributed by atoms with Gasteiger partial charge >= 0.3 is 5.97 Å². The molecular formula is C14H19ClN2O2S. The number of ether oxygens (including phenoxy) is 1. The topological polar surface area (TPSA) is 42.4 Å². The van der Waals surface area contributed by atoms with Crippen molar-refractivity contribution in [2.24, 2.45) is 5.92 Å². The zero-order valence-electron chi connectivity index (χ0n) is 11.6. The maximum atomic E-state index is 11.7. The Hall–Kier alpha value is -0.810. The first kappa shape index (κ1) is 14.1. The van der Waals surface area contributed by atoms with Crippen molar-refractivity contribution in [1.82, 2.24) is 4.98 Å². The van der Waals surface area contributed by atoms with Crippen molar-refractivity contribution >= 4 is 34.0 Å². The average Bonchev–Trinajstić information content (AvgIpc) is 2.87. The van der Waals surface area contributed by atoms with E-state index in [0.29, 0.717) is 10.9 Å². The van der Waals surface area contributed by atoms with Crippen LogP contribution in [0.5, 0.6) is 0 Å². The van der Waals surface area contributed by atoms with Gasteiger partial charge in [0.2, 0.25) is 0 Å². The van der Waals surface area contributed by atoms with Crippen LogP contribution in [0.4, 0.5) is 5.13 Å². The summed E-state index contributed by atoms with van der Waals surface area (Å²) >= 11 is 7.45. The van der Waals surface area contributed by atoms with Crippen molar-refractivity contribution < 1.29 is 9.53 Å². The molecule has 1 aliphatic carbocycles. The SMILES string of the molecule is COC(=O)c1sc(N2CCC[C@H]3CCCC[C@H]32)nc1Cl. The number of rotatable bonds is 2. The summed E-state index contributed by atoms with van der Waals surface area (Å²) in [6.45, 7) is 1.02. The van der Waals surface area contributed by atoms with Gasteiger partial charge in [-0.05, 0) is 31.6 Å². The van der Waals surface area contributed by atoms with Crippen molar-refractivity contribution in [3.05, 3.63) is 10.0 Å². The molecule has 1 aromatic rings. The number of carbonyl (C=O) groups is 1. The highest BCUT2D eigenvalue weighted by atomic mass is 35.5. The van der Waals surface area contributed by atoms with Gasteiger partial charge in [-0.15, -0.1) is 0 Å². The van der Waals surface area contributed by atoms with Gasteiger partial charge in [0, 0.05) is 12.6 Å². The molecule has 1 saturated carbocycles. The maximum absolute atomic E-state index is 11.7. The molecule has 1 aromatic heterocycles. The van der Waals surface area contributed by atoms with Gasteiger partial charge < -0.3 is 9.64 Å². The number of methoxy groups -OCH3 is 1. The molecule has 6 heteroatoms. The predicted octanol–water partition coefficient (Wildman–Crippen LogP) is 3.74. The molecule has 1 saturated heterocycles. The summed E-state index contributed by atoms with van der Waals surface area (Å²) in [6, 6.07) is 0.574. The number of esters is 1. The number of hydrogen-bond acceptors (Lipinski definition) is 5. The first-order valence-electron chi connectivity index (χ1n) is 7.22. The van der Waals surface area contributed by atoms with E-state index in [1.807, 2.05) is 0 Å². The maximum Gasteiger partial charge on any atom is 0.351 e. The largest absolute Gasteiger partial charge is 0.465 e. The van der Waals surface area contributed by atoms with Crippen LogP contribution >= 0.6 is 22.9 Å². The summed E-state index contributed by atoms with van der Waals surface area (Å²) in [6.07, 6.45) is 7.72. The van der Waals surface area contributed by atoms with E-state index in [0.717, 1.165) is 17.6 Å². The lowest BCUT2D eigenvalue weighted by atomic mass is 9.78. The van der Waals surface area contributed by atoms with Crippen molar-refractivity contribution in [2.75, 3.05) is 18.6 Å². The highest BCUT2D eigenvalue weighted by molar-refractivity contribution is 7.18. The summed E-state index contributed by atoms with van der Waals surface area (Å²) in [4.78, 5) is 18.9. The lowest BCUT2D eigenvalue weighted by Crippen LogP contribution is -2.46. The molecule has 2 fully saturated rings. The molecule has 0 bridgehead atoms. The van der Waals surface area contributed by atoms with Gasteiger partial charge in [0.05, 0.1) is 7.11 Å². The molecule has 0 aromatic carbocycles. The third kappa shape index (κ3) is 2.53. The van der Waals surface area contributed by atoms with Crippen LogP contribution in [-0.4, -0.2) is 30.6 Å². The fraction of sp³-hybridized carbons (Fsp3) is 0.714. The summed E-state index contributed by atoms with van der Waals surface area (Å²) in [5.74, 6) is 0.387. The van der Waals surface area contributed by atoms with E-state index in [1.165, 1.54) is 57.0 Å². The van der Waals surface area contributed by atoms with E-state index in [4.69, 9.17) is 16.3 Å². The van der Waals surface area contributed by atoms with Gasteiger partial charge in [-0.2, -0.15) is 0 Å². The summed E-state index contributed by atoms with van der Waals surface area (Å²) in [7, 11) is 1.37. The molecule has 0 unspecified atom stereocenters. The highest BCUT2D eigenvalue weighted by Gasteiger charge is 2.35. The summed E-state index contributed by atoms with van der Waals surface area (Å²) in [5.41, 5.74) is 0. The van der Waals surface area contributed by atoms with Crippen LogP contribution in [0.25, 0.3) is 0 Å². The van der Waals surface area contributed by atoms with E-state index >= 15 is 0 Å². The van der Waals surface area contributed by atoms with E-state index in [2.05, 4.69) is 9.88 Å². The molecule has 0 N–H and O–H groups in total. The number of carbonyl (C=O) groups excluding carboxylic acids is 1. The number of hydrogen-bond donors (Lipinski definition) is 0. The summed E-state index contributed by atoms with van der Waals surface area (Å²) < 4.78 is 4.75. The molecule has 0 spiro atoms. The smallest absolute Gasteiger partial charge is 0.351 e. The molecule has 0 radical (unpaired) electrons. The fourth-order valence-corrected chi connectivity index (χ4v) is 4.78. The van der Waals surface area contributed by atoms with Crippen LogP contribution in [0.3, 0.4) is 0 Å². The Morgan fingerprint density at radius 3 is 2.90 bits per heavy atom. The Morgan fingerprint density at radius 1 is 1.35 bits per heavy atom. The number of thiazole rings is 1. The molecule has 1 aliphatic heterocycles. The molecule has 2 aliphatic rings. The number of piperidine rings is 1. The standard InChI is InChI=1S/C14H19ClN2O2S/c1-19-13(18)11-12(15)16-14(20-11)17-8-4-6-9-5-2-3-7-10(9)17/h9-10H,2-8H2,1H3/t9-,10-/m1/s1. The number of anilines is 1. The van der Waals surface area contributed by atoms with Crippen molar-refractivity contribution in [2.45, 2.75) is 44.6 Å². The molecule has 2 heterocycles. The molecule has 110 valence electrons. The van der Waals surface area contributed by atoms with Gasteiger partial charge in [0.25, 0.3) is 0 Å². The number of halogens is 1. The van der Waals surface area contributed by atoms with Crippen molar-refractivity contribution in [1.29, 1.82) is 0 Å². The van der Waals surface area contributed by atoms with Crippen molar-refractivity contribution in [3.63, 3.8) is 0 Å². The fourth-order valence-electron chi connectivity index (χ4n) is 3.49. The lowest BCUT2D eigenvalue weighted by molar-refractivity contribution is 0.0606. The Morgan fingerprint density at radius 2 is 2.10 bits per heavy atom. The van der Waals surface area contributed by atoms with E-state index in [1.54, 1.807) is 0 Å². The minimum atomic E-state index is -0.393. The molecule has 0 amide bonds. The lowest BCUT2D eigenvalue weighted by Gasteiger charge is -2.44. The molecule has 20 heavy (non-hydrogen) atoms. The Kier molecular flexibility index (Phi) is 4.17. The molecule has 4 nitrogen and oxygen atoms in total. The first-order chi connectivity index (χ1) is 9.70. The molecule has 3 rings (SSSR count). The second-order valence-corrected chi connectivity index (χ2v) is 6.89. The zero-order chi connectivity index (χ0) is 14.1. The summed E-state index contributed by atoms with van der Waals surface area (Å²) in [5, 5.41) is 1.15. The second kappa shape index (κ2) is 5.90. The third-order valence-corrected chi connectivity index (χ3v) is 5.89. The van der Waals surface area contributed by atoms with Crippen molar-refractivity contribution in [3.8, 4) is 0 Å². The van der Waals surface area contributed by atoms with Crippen LogP contribution in [0.15, 0.2) is 0 Å². The number of nitrogens with zero attached hydrogens (tertiary/aromatic N) is 2. The Bertz CT molecular complexity index is 503. The first-order valence-corrected chi connectivity index (χ1v) is 8.41. The van der Waals surface area contributed by atoms with E-state index < -0.39 is 5.97 Å². The van der Waals surface area contributed by atoms with Crippen LogP contribution < -0.4 is 4.90 Å². The van der Waals surface area contributed by atoms with E-state index in [9.17, 15) is 4.79 Å². The minimum Gasteiger partial charge on any atom is -0.465 e. The van der Waals surface area contributed by atoms with Gasteiger partial charge in [-0.3, -0.25) is 0 Å². The molecular weight excluding hydrogens is 296 g/mol. The van der Waals surface area contributed by atoms with Gasteiger partial charge in [0.1, 0.15) is 0 Å². The number of fused-ring (bicyclic) bond motifs is 1. The average molecular weight is 315 g/mol. The zero-order valence-corrected chi connectivity index (χ0v) is 13.2. The predicted molar refractivity (Wildman–Crippen MR) is 80.8 cm³/mol. The normalized spacial score (nSPS) is 26.2. The minimum absolute atomic E-state index is 0.273. The van der Waals surface area contributed by atoms with Crippen LogP contribution in [0.2, 0.25) is 5.15 Å². The molecule has 2 atom stereocenters. The van der Waals surface area contributed by atoms with Gasteiger partial charge in [0.15, 0.2) is 15.2 Å². The number of aromatic nitrogens is 1. The van der Waals surface area contributed by atoms with Crippen LogP contribution in [0.1, 0.15) is 48.2 Å². The second-order valence-electron chi connectivity index (χ2n) is 5.56. The quantitative estimate of drug-likeness (QED) is 0.780. The third-order valence-electron chi connectivity index (χ3n) is 4.43. The van der Waals surface area contributed by atoms with Crippen LogP contribution in [-0.2, 0) is 4.74 Å². The van der Waals surface area contributed by atoms with Crippen LogP contribution in [0, 0.1) is 5.92 Å². The van der Waals surface area contributed by atoms with E-state index in [-0.39, 0.29) is 5.15 Å². The van der Waals surface area contributed by atoms with Gasteiger partial charge in [-0.25, -0.2) is 9.78 Å². The monoisotopic (exact) mass is 314 g/mol.